The van der Waals surface area contributed by atoms with Crippen LogP contribution in [-0.4, -0.2) is 43.1 Å². The molecule has 1 saturated heterocycles. The third-order valence-corrected chi connectivity index (χ3v) is 5.34. The molecule has 0 bridgehead atoms. The third-order valence-electron chi connectivity index (χ3n) is 5.34. The van der Waals surface area contributed by atoms with E-state index in [1.54, 1.807) is 6.20 Å². The number of carbonyl (C=O) groups excluding carboxylic acids is 1. The van der Waals surface area contributed by atoms with Gasteiger partial charge in [0, 0.05) is 62.7 Å². The average molecular weight is 327 g/mol. The van der Waals surface area contributed by atoms with E-state index < -0.39 is 0 Å². The van der Waals surface area contributed by atoms with Crippen LogP contribution >= 0.6 is 0 Å². The molecule has 2 fully saturated rings. The zero-order chi connectivity index (χ0) is 16.7. The predicted molar refractivity (Wildman–Crippen MR) is 90.7 cm³/mol. The van der Waals surface area contributed by atoms with Crippen LogP contribution in [0.5, 0.6) is 0 Å². The van der Waals surface area contributed by atoms with Gasteiger partial charge in [-0.1, -0.05) is 0 Å². The molecule has 6 heteroatoms. The third kappa shape index (κ3) is 2.90. The number of hydrogen-bond donors (Lipinski definition) is 0. The lowest BCUT2D eigenvalue weighted by molar-refractivity contribution is 0.0797. The van der Waals surface area contributed by atoms with Gasteiger partial charge in [-0.3, -0.25) is 14.4 Å². The largest absolute Gasteiger partial charge is 0.332 e. The molecule has 128 valence electrons. The van der Waals surface area contributed by atoms with E-state index >= 15 is 0 Å². The maximum atomic E-state index is 12.7. The molecule has 1 atom stereocenters. The smallest absolute Gasteiger partial charge is 0.202 e. The Balaban J connectivity index is 1.46. The normalized spacial score (nSPS) is 22.0. The molecule has 2 aliphatic rings. The molecule has 1 aliphatic carbocycles. The monoisotopic (exact) mass is 327 g/mol. The topological polar surface area (TPSA) is 56.0 Å². The molecular formula is C18H25N5O. The summed E-state index contributed by atoms with van der Waals surface area (Å²) >= 11 is 0. The predicted octanol–water partition coefficient (Wildman–Crippen LogP) is 2.13. The molecule has 4 rings (SSSR count). The molecular weight excluding hydrogens is 302 g/mol. The molecule has 1 saturated carbocycles. The van der Waals surface area contributed by atoms with E-state index in [-0.39, 0.29) is 11.7 Å². The molecule has 0 aromatic carbocycles. The highest BCUT2D eigenvalue weighted by molar-refractivity contribution is 5.94. The van der Waals surface area contributed by atoms with Crippen molar-refractivity contribution in [3.63, 3.8) is 0 Å². The molecule has 6 nitrogen and oxygen atoms in total. The number of likely N-dealkylation sites (tertiary alicyclic amines) is 1. The van der Waals surface area contributed by atoms with E-state index in [1.807, 2.05) is 35.7 Å². The number of rotatable bonds is 5. The summed E-state index contributed by atoms with van der Waals surface area (Å²) in [7, 11) is 3.93. The number of aryl methyl sites for hydroxylation is 2. The second-order valence-corrected chi connectivity index (χ2v) is 7.25. The van der Waals surface area contributed by atoms with Crippen LogP contribution in [0.25, 0.3) is 0 Å². The second-order valence-electron chi connectivity index (χ2n) is 7.25. The number of Topliss-reactive ketones (excluding diaryl/α,β-unsaturated/α-hetero) is 1. The first-order valence-electron chi connectivity index (χ1n) is 8.88. The summed E-state index contributed by atoms with van der Waals surface area (Å²) in [5, 5.41) is 4.46. The van der Waals surface area contributed by atoms with Crippen molar-refractivity contribution in [2.75, 3.05) is 13.1 Å². The minimum Gasteiger partial charge on any atom is -0.332 e. The fourth-order valence-electron chi connectivity index (χ4n) is 3.94. The highest BCUT2D eigenvalue weighted by Gasteiger charge is 2.32. The Hall–Kier alpha value is -1.95. The van der Waals surface area contributed by atoms with Crippen LogP contribution in [0.4, 0.5) is 0 Å². The van der Waals surface area contributed by atoms with Crippen molar-refractivity contribution >= 4 is 5.78 Å². The number of piperidine rings is 1. The van der Waals surface area contributed by atoms with Crippen molar-refractivity contribution in [2.45, 2.75) is 38.1 Å². The van der Waals surface area contributed by atoms with E-state index in [0.29, 0.717) is 11.7 Å². The molecule has 2 aromatic heterocycles. The summed E-state index contributed by atoms with van der Waals surface area (Å²) in [5.41, 5.74) is 2.73. The van der Waals surface area contributed by atoms with Gasteiger partial charge in [0.1, 0.15) is 0 Å². The van der Waals surface area contributed by atoms with Crippen molar-refractivity contribution in [1.29, 1.82) is 0 Å². The molecule has 1 unspecified atom stereocenters. The number of nitrogens with zero attached hydrogens (tertiary/aromatic N) is 5. The van der Waals surface area contributed by atoms with Gasteiger partial charge in [-0.05, 0) is 32.2 Å². The number of carbonyl (C=O) groups is 1. The fourth-order valence-corrected chi connectivity index (χ4v) is 3.94. The lowest BCUT2D eigenvalue weighted by atomic mass is 9.93. The quantitative estimate of drug-likeness (QED) is 0.790. The van der Waals surface area contributed by atoms with E-state index in [2.05, 4.69) is 15.0 Å². The maximum Gasteiger partial charge on any atom is 0.202 e. The Morgan fingerprint density at radius 1 is 1.29 bits per heavy atom. The van der Waals surface area contributed by atoms with Crippen molar-refractivity contribution in [2.24, 2.45) is 20.0 Å². The number of aromatic nitrogens is 4. The minimum atomic E-state index is 0.0564. The van der Waals surface area contributed by atoms with Gasteiger partial charge in [0.25, 0.3) is 0 Å². The SMILES string of the molecule is Cn1ccnc1C(=O)C1CCCN(Cc2cnn(C)c2C2CC2)C1. The highest BCUT2D eigenvalue weighted by Crippen LogP contribution is 2.41. The van der Waals surface area contributed by atoms with Gasteiger partial charge in [-0.15, -0.1) is 0 Å². The van der Waals surface area contributed by atoms with Crippen LogP contribution in [0.1, 0.15) is 53.5 Å². The Morgan fingerprint density at radius 2 is 2.12 bits per heavy atom. The highest BCUT2D eigenvalue weighted by atomic mass is 16.1. The Bertz CT molecular complexity index is 742. The van der Waals surface area contributed by atoms with Gasteiger partial charge in [0.15, 0.2) is 5.82 Å². The minimum absolute atomic E-state index is 0.0564. The maximum absolute atomic E-state index is 12.7. The molecule has 3 heterocycles. The molecule has 1 aliphatic heterocycles. The molecule has 0 N–H and O–H groups in total. The first-order chi connectivity index (χ1) is 11.6. The second kappa shape index (κ2) is 6.16. The van der Waals surface area contributed by atoms with Gasteiger partial charge in [-0.2, -0.15) is 5.10 Å². The molecule has 0 amide bonds. The zero-order valence-electron chi connectivity index (χ0n) is 14.5. The molecule has 24 heavy (non-hydrogen) atoms. The van der Waals surface area contributed by atoms with Crippen LogP contribution in [0.3, 0.4) is 0 Å². The first-order valence-corrected chi connectivity index (χ1v) is 8.88. The average Bonchev–Trinajstić information content (AvgIpc) is 3.22. The lowest BCUT2D eigenvalue weighted by Crippen LogP contribution is -2.39. The first kappa shape index (κ1) is 15.6. The Labute approximate surface area is 142 Å². The van der Waals surface area contributed by atoms with E-state index in [4.69, 9.17) is 0 Å². The molecule has 0 spiro atoms. The van der Waals surface area contributed by atoms with Gasteiger partial charge < -0.3 is 4.57 Å². The van der Waals surface area contributed by atoms with Crippen molar-refractivity contribution in [3.05, 3.63) is 35.7 Å². The number of ketones is 1. The summed E-state index contributed by atoms with van der Waals surface area (Å²) in [6.07, 6.45) is 10.2. The van der Waals surface area contributed by atoms with Gasteiger partial charge >= 0.3 is 0 Å². The van der Waals surface area contributed by atoms with Gasteiger partial charge in [-0.25, -0.2) is 4.98 Å². The van der Waals surface area contributed by atoms with E-state index in [9.17, 15) is 4.79 Å². The summed E-state index contributed by atoms with van der Waals surface area (Å²) in [5.74, 6) is 1.52. The van der Waals surface area contributed by atoms with Crippen molar-refractivity contribution in [1.82, 2.24) is 24.2 Å². The van der Waals surface area contributed by atoms with Crippen LogP contribution < -0.4 is 0 Å². The van der Waals surface area contributed by atoms with Crippen LogP contribution in [0, 0.1) is 5.92 Å². The van der Waals surface area contributed by atoms with Crippen LogP contribution in [0.15, 0.2) is 18.6 Å². The number of hydrogen-bond acceptors (Lipinski definition) is 4. The number of imidazole rings is 1. The molecule has 2 aromatic rings. The summed E-state index contributed by atoms with van der Waals surface area (Å²) in [6.45, 7) is 2.79. The lowest BCUT2D eigenvalue weighted by Gasteiger charge is -2.31. The Morgan fingerprint density at radius 3 is 2.83 bits per heavy atom. The van der Waals surface area contributed by atoms with Gasteiger partial charge in [0.2, 0.25) is 5.78 Å². The van der Waals surface area contributed by atoms with E-state index in [0.717, 1.165) is 32.5 Å². The van der Waals surface area contributed by atoms with Crippen LogP contribution in [0.2, 0.25) is 0 Å². The zero-order valence-corrected chi connectivity index (χ0v) is 14.5. The standard InChI is InChI=1S/C18H25N5O/c1-21-9-7-19-18(21)17(24)14-4-3-8-23(11-14)12-15-10-20-22(2)16(15)13-5-6-13/h7,9-10,13-14H,3-6,8,11-12H2,1-2H3. The molecule has 0 radical (unpaired) electrons. The van der Waals surface area contributed by atoms with Crippen molar-refractivity contribution < 1.29 is 4.79 Å². The summed E-state index contributed by atoms with van der Waals surface area (Å²) in [6, 6.07) is 0. The fraction of sp³-hybridized carbons (Fsp3) is 0.611. The summed E-state index contributed by atoms with van der Waals surface area (Å²) < 4.78 is 3.86. The van der Waals surface area contributed by atoms with E-state index in [1.165, 1.54) is 24.1 Å². The summed E-state index contributed by atoms with van der Waals surface area (Å²) in [4.78, 5) is 19.4. The van der Waals surface area contributed by atoms with Gasteiger partial charge in [0.05, 0.1) is 6.20 Å². The Kier molecular flexibility index (Phi) is 4.00. The van der Waals surface area contributed by atoms with Crippen molar-refractivity contribution in [3.8, 4) is 0 Å². The van der Waals surface area contributed by atoms with Crippen LogP contribution in [-0.2, 0) is 20.6 Å².